The van der Waals surface area contributed by atoms with E-state index in [-0.39, 0.29) is 41.3 Å². The van der Waals surface area contributed by atoms with E-state index < -0.39 is 11.8 Å². The van der Waals surface area contributed by atoms with Crippen LogP contribution in [-0.2, 0) is 0 Å². The van der Waals surface area contributed by atoms with Gasteiger partial charge in [0.1, 0.15) is 0 Å². The number of anilines is 1. The first kappa shape index (κ1) is 19.0. The first-order valence-electron chi connectivity index (χ1n) is 7.58. The Morgan fingerprint density at radius 3 is 2.72 bits per heavy atom. The summed E-state index contributed by atoms with van der Waals surface area (Å²) in [6.07, 6.45) is 1.51. The van der Waals surface area contributed by atoms with E-state index in [1.807, 2.05) is 4.90 Å². The number of aromatic nitrogens is 1. The highest BCUT2D eigenvalue weighted by Gasteiger charge is 2.29. The minimum Gasteiger partial charge on any atom is -0.494 e. The largest absolute Gasteiger partial charge is 0.494 e. The lowest BCUT2D eigenvalue weighted by Gasteiger charge is -2.30. The quantitative estimate of drug-likeness (QED) is 0.851. The molecule has 0 unspecified atom stereocenters. The fraction of sp³-hybridized carbons (Fsp3) is 0.375. The highest BCUT2D eigenvalue weighted by Crippen LogP contribution is 2.34. The molecule has 0 aliphatic carbocycles. The number of piperidine rings is 1. The number of nitrogens with zero attached hydrogens (tertiary/aromatic N) is 2. The van der Waals surface area contributed by atoms with Crippen LogP contribution < -0.4 is 15.4 Å². The molecule has 0 bridgehead atoms. The van der Waals surface area contributed by atoms with Crippen molar-refractivity contribution in [3.05, 3.63) is 29.6 Å². The summed E-state index contributed by atoms with van der Waals surface area (Å²) in [5, 5.41) is 13.5. The molecule has 0 atom stereocenters. The third kappa shape index (κ3) is 3.69. The number of carboxylic acids is 1. The standard InChI is InChI=1S/C16H18FN3O4.ClH/c1-23-12-8-9(2-3-11(12)17)14-13(16(21)22)15(19-24-14)20-6-4-10(18)5-7-20;/h2-3,8,10H,4-7,18H2,1H3,(H,21,22);1H. The van der Waals surface area contributed by atoms with Crippen molar-refractivity contribution in [2.75, 3.05) is 25.1 Å². The molecule has 0 saturated carbocycles. The zero-order chi connectivity index (χ0) is 17.3. The molecule has 1 aromatic heterocycles. The number of rotatable bonds is 4. The van der Waals surface area contributed by atoms with Gasteiger partial charge >= 0.3 is 5.97 Å². The summed E-state index contributed by atoms with van der Waals surface area (Å²) in [5.41, 5.74) is 6.22. The molecule has 1 aliphatic rings. The maximum atomic E-state index is 13.6. The van der Waals surface area contributed by atoms with Crippen LogP contribution in [0.1, 0.15) is 23.2 Å². The first-order valence-corrected chi connectivity index (χ1v) is 7.58. The zero-order valence-electron chi connectivity index (χ0n) is 13.6. The van der Waals surface area contributed by atoms with Gasteiger partial charge in [-0.15, -0.1) is 12.4 Å². The molecule has 1 aromatic carbocycles. The number of benzene rings is 1. The molecule has 25 heavy (non-hydrogen) atoms. The molecule has 1 aliphatic heterocycles. The van der Waals surface area contributed by atoms with Crippen LogP contribution in [0.15, 0.2) is 22.7 Å². The molecular weight excluding hydrogens is 353 g/mol. The Balaban J connectivity index is 0.00000225. The van der Waals surface area contributed by atoms with Crippen molar-refractivity contribution >= 4 is 24.2 Å². The molecule has 1 fully saturated rings. The van der Waals surface area contributed by atoms with Gasteiger partial charge in [-0.25, -0.2) is 9.18 Å². The van der Waals surface area contributed by atoms with E-state index in [0.717, 1.165) is 12.8 Å². The van der Waals surface area contributed by atoms with Gasteiger partial charge in [0.15, 0.2) is 28.7 Å². The monoisotopic (exact) mass is 371 g/mol. The second-order valence-corrected chi connectivity index (χ2v) is 5.69. The number of carboxylic acid groups (broad SMARTS) is 1. The van der Waals surface area contributed by atoms with Gasteiger partial charge in [0.25, 0.3) is 0 Å². The van der Waals surface area contributed by atoms with Crippen LogP contribution in [0.2, 0.25) is 0 Å². The maximum absolute atomic E-state index is 13.6. The van der Waals surface area contributed by atoms with Gasteiger partial charge in [0.05, 0.1) is 7.11 Å². The van der Waals surface area contributed by atoms with Crippen molar-refractivity contribution in [3.63, 3.8) is 0 Å². The van der Waals surface area contributed by atoms with Crippen molar-refractivity contribution in [1.82, 2.24) is 5.16 Å². The lowest BCUT2D eigenvalue weighted by Crippen LogP contribution is -2.40. The predicted molar refractivity (Wildman–Crippen MR) is 92.1 cm³/mol. The van der Waals surface area contributed by atoms with Crippen LogP contribution in [0, 0.1) is 5.82 Å². The Morgan fingerprint density at radius 2 is 2.12 bits per heavy atom. The normalized spacial score (nSPS) is 14.9. The minimum atomic E-state index is -1.15. The number of methoxy groups -OCH3 is 1. The highest BCUT2D eigenvalue weighted by molar-refractivity contribution is 5.99. The number of carbonyl (C=O) groups is 1. The fourth-order valence-corrected chi connectivity index (χ4v) is 2.80. The van der Waals surface area contributed by atoms with Crippen LogP contribution in [0.3, 0.4) is 0 Å². The fourth-order valence-electron chi connectivity index (χ4n) is 2.80. The van der Waals surface area contributed by atoms with Gasteiger partial charge in [-0.05, 0) is 31.0 Å². The zero-order valence-corrected chi connectivity index (χ0v) is 14.4. The van der Waals surface area contributed by atoms with E-state index in [9.17, 15) is 14.3 Å². The van der Waals surface area contributed by atoms with Gasteiger partial charge < -0.3 is 25.0 Å². The average molecular weight is 372 g/mol. The van der Waals surface area contributed by atoms with Crippen molar-refractivity contribution in [2.45, 2.75) is 18.9 Å². The van der Waals surface area contributed by atoms with Gasteiger partial charge in [0, 0.05) is 24.7 Å². The van der Waals surface area contributed by atoms with E-state index in [1.54, 1.807) is 0 Å². The second kappa shape index (κ2) is 7.71. The number of ether oxygens (including phenoxy) is 1. The summed E-state index contributed by atoms with van der Waals surface area (Å²) >= 11 is 0. The van der Waals surface area contributed by atoms with Crippen molar-refractivity contribution in [1.29, 1.82) is 0 Å². The number of nitrogens with two attached hydrogens (primary N) is 1. The summed E-state index contributed by atoms with van der Waals surface area (Å²) in [5.74, 6) is -1.34. The lowest BCUT2D eigenvalue weighted by atomic mass is 10.0. The third-order valence-electron chi connectivity index (χ3n) is 4.14. The SMILES string of the molecule is COc1cc(-c2onc(N3CCC(N)CC3)c2C(=O)O)ccc1F.Cl. The number of halogens is 2. The molecule has 0 spiro atoms. The topological polar surface area (TPSA) is 102 Å². The molecule has 3 rings (SSSR count). The maximum Gasteiger partial charge on any atom is 0.343 e. The molecule has 2 heterocycles. The Kier molecular flexibility index (Phi) is 5.86. The van der Waals surface area contributed by atoms with E-state index in [1.165, 1.54) is 25.3 Å². The van der Waals surface area contributed by atoms with E-state index in [0.29, 0.717) is 18.7 Å². The number of hydrogen-bond donors (Lipinski definition) is 2. The molecule has 0 amide bonds. The average Bonchev–Trinajstić information content (AvgIpc) is 3.01. The Morgan fingerprint density at radius 1 is 1.44 bits per heavy atom. The second-order valence-electron chi connectivity index (χ2n) is 5.69. The third-order valence-corrected chi connectivity index (χ3v) is 4.14. The van der Waals surface area contributed by atoms with Crippen molar-refractivity contribution < 1.29 is 23.6 Å². The molecule has 9 heteroatoms. The van der Waals surface area contributed by atoms with Gasteiger partial charge in [-0.3, -0.25) is 0 Å². The van der Waals surface area contributed by atoms with Gasteiger partial charge in [-0.2, -0.15) is 0 Å². The highest BCUT2D eigenvalue weighted by atomic mass is 35.5. The first-order chi connectivity index (χ1) is 11.5. The molecule has 136 valence electrons. The molecule has 1 saturated heterocycles. The van der Waals surface area contributed by atoms with Gasteiger partial charge in [0.2, 0.25) is 0 Å². The van der Waals surface area contributed by atoms with Crippen LogP contribution in [0.25, 0.3) is 11.3 Å². The van der Waals surface area contributed by atoms with Crippen LogP contribution in [0.5, 0.6) is 5.75 Å². The minimum absolute atomic E-state index is 0. The molecule has 2 aromatic rings. The lowest BCUT2D eigenvalue weighted by molar-refractivity contribution is 0.0697. The number of hydrogen-bond acceptors (Lipinski definition) is 6. The molecule has 0 radical (unpaired) electrons. The number of aromatic carboxylic acids is 1. The van der Waals surface area contributed by atoms with Crippen molar-refractivity contribution in [3.8, 4) is 17.1 Å². The Labute approximate surface area is 149 Å². The van der Waals surface area contributed by atoms with E-state index in [2.05, 4.69) is 5.16 Å². The Hall–Kier alpha value is -2.32. The summed E-state index contributed by atoms with van der Waals surface area (Å²) < 4.78 is 23.8. The smallest absolute Gasteiger partial charge is 0.343 e. The molecular formula is C16H19ClFN3O4. The van der Waals surface area contributed by atoms with E-state index in [4.69, 9.17) is 15.0 Å². The molecule has 7 nitrogen and oxygen atoms in total. The van der Waals surface area contributed by atoms with Gasteiger partial charge in [-0.1, -0.05) is 5.16 Å². The summed E-state index contributed by atoms with van der Waals surface area (Å²) in [6, 6.07) is 4.13. The van der Waals surface area contributed by atoms with Crippen LogP contribution in [0.4, 0.5) is 10.2 Å². The van der Waals surface area contributed by atoms with Crippen molar-refractivity contribution in [2.24, 2.45) is 5.73 Å². The summed E-state index contributed by atoms with van der Waals surface area (Å²) in [7, 11) is 1.34. The Bertz CT molecular complexity index is 760. The summed E-state index contributed by atoms with van der Waals surface area (Å²) in [6.45, 7) is 1.22. The van der Waals surface area contributed by atoms with E-state index >= 15 is 0 Å². The predicted octanol–water partition coefficient (Wildman–Crippen LogP) is 2.54. The summed E-state index contributed by atoms with van der Waals surface area (Å²) in [4.78, 5) is 13.6. The molecule has 3 N–H and O–H groups in total. The van der Waals surface area contributed by atoms with Crippen LogP contribution in [-0.4, -0.2) is 42.5 Å². The van der Waals surface area contributed by atoms with Crippen LogP contribution >= 0.6 is 12.4 Å².